The molecule has 15 heavy (non-hydrogen) atoms. The number of ether oxygens (including phenoxy) is 1. The lowest BCUT2D eigenvalue weighted by Crippen LogP contribution is -2.10. The van der Waals surface area contributed by atoms with Crippen molar-refractivity contribution in [2.45, 2.75) is 19.8 Å². The summed E-state index contributed by atoms with van der Waals surface area (Å²) in [6.07, 6.45) is -2.87. The van der Waals surface area contributed by atoms with E-state index in [0.29, 0.717) is 6.42 Å². The van der Waals surface area contributed by atoms with Crippen LogP contribution in [0.4, 0.5) is 9.59 Å². The fourth-order valence-electron chi connectivity index (χ4n) is 0.409. The van der Waals surface area contributed by atoms with Crippen molar-refractivity contribution < 1.29 is 39.2 Å². The third-order valence-electron chi connectivity index (χ3n) is 0.890. The summed E-state index contributed by atoms with van der Waals surface area (Å²) >= 11 is 0. The molecular weight excluding hydrogens is 212 g/mol. The van der Waals surface area contributed by atoms with Crippen molar-refractivity contribution in [2.24, 2.45) is 0 Å². The molecule has 0 heterocycles. The SMILES string of the molecule is CCCC(=O)C(=O)O.O=C(O)OC(=O)O. The molecule has 8 heteroatoms. The Bertz CT molecular complexity index is 244. The highest BCUT2D eigenvalue weighted by Gasteiger charge is 2.07. The Labute approximate surface area is 84.1 Å². The first-order chi connectivity index (χ1) is 6.81. The van der Waals surface area contributed by atoms with Gasteiger partial charge in [-0.1, -0.05) is 6.92 Å². The Morgan fingerprint density at radius 2 is 1.40 bits per heavy atom. The first-order valence-corrected chi connectivity index (χ1v) is 3.71. The average Bonchev–Trinajstić information content (AvgIpc) is 2.02. The van der Waals surface area contributed by atoms with Crippen molar-refractivity contribution >= 4 is 24.1 Å². The Balaban J connectivity index is 0. The number of ketones is 1. The van der Waals surface area contributed by atoms with Crippen molar-refractivity contribution in [1.82, 2.24) is 0 Å². The lowest BCUT2D eigenvalue weighted by atomic mass is 10.2. The molecule has 0 aliphatic rings. The van der Waals surface area contributed by atoms with E-state index in [4.69, 9.17) is 15.3 Å². The molecular formula is C7H10O8. The van der Waals surface area contributed by atoms with Crippen molar-refractivity contribution in [3.8, 4) is 0 Å². The van der Waals surface area contributed by atoms with Crippen LogP contribution in [0, 0.1) is 0 Å². The van der Waals surface area contributed by atoms with E-state index in [0.717, 1.165) is 0 Å². The van der Waals surface area contributed by atoms with E-state index in [1.165, 1.54) is 0 Å². The minimum Gasteiger partial charge on any atom is -0.476 e. The van der Waals surface area contributed by atoms with Crippen LogP contribution in [-0.4, -0.2) is 39.4 Å². The monoisotopic (exact) mass is 222 g/mol. The molecule has 0 aromatic heterocycles. The molecule has 0 saturated heterocycles. The van der Waals surface area contributed by atoms with Crippen LogP contribution in [0.25, 0.3) is 0 Å². The van der Waals surface area contributed by atoms with E-state index in [1.807, 2.05) is 0 Å². The number of carboxylic acids is 1. The highest BCUT2D eigenvalue weighted by atomic mass is 16.7. The van der Waals surface area contributed by atoms with Gasteiger partial charge in [-0.2, -0.15) is 0 Å². The van der Waals surface area contributed by atoms with Crippen LogP contribution in [0.5, 0.6) is 0 Å². The van der Waals surface area contributed by atoms with Gasteiger partial charge in [-0.25, -0.2) is 14.4 Å². The van der Waals surface area contributed by atoms with Gasteiger partial charge in [-0.3, -0.25) is 4.79 Å². The van der Waals surface area contributed by atoms with Crippen molar-refractivity contribution in [3.63, 3.8) is 0 Å². The van der Waals surface area contributed by atoms with Gasteiger partial charge in [0.1, 0.15) is 0 Å². The van der Waals surface area contributed by atoms with E-state index >= 15 is 0 Å². The maximum absolute atomic E-state index is 10.1. The van der Waals surface area contributed by atoms with Crippen LogP contribution in [0.15, 0.2) is 0 Å². The van der Waals surface area contributed by atoms with Gasteiger partial charge >= 0.3 is 18.3 Å². The zero-order valence-electron chi connectivity index (χ0n) is 7.80. The van der Waals surface area contributed by atoms with Gasteiger partial charge in [0.2, 0.25) is 5.78 Å². The minimum absolute atomic E-state index is 0.148. The minimum atomic E-state index is -1.81. The molecule has 8 nitrogen and oxygen atoms in total. The summed E-state index contributed by atoms with van der Waals surface area (Å²) < 4.78 is 3.08. The summed E-state index contributed by atoms with van der Waals surface area (Å²) in [7, 11) is 0. The number of carbonyl (C=O) groups excluding carboxylic acids is 1. The summed E-state index contributed by atoms with van der Waals surface area (Å²) in [5, 5.41) is 22.9. The number of aliphatic carboxylic acids is 1. The van der Waals surface area contributed by atoms with Crippen molar-refractivity contribution in [1.29, 1.82) is 0 Å². The Morgan fingerprint density at radius 3 is 1.47 bits per heavy atom. The molecule has 0 aliphatic carbocycles. The van der Waals surface area contributed by atoms with Crippen LogP contribution >= 0.6 is 0 Å². The van der Waals surface area contributed by atoms with Crippen LogP contribution in [-0.2, 0) is 14.3 Å². The molecule has 0 aliphatic heterocycles. The predicted octanol–water partition coefficient (Wildman–Crippen LogP) is 0.799. The van der Waals surface area contributed by atoms with Crippen molar-refractivity contribution in [3.05, 3.63) is 0 Å². The van der Waals surface area contributed by atoms with Crippen LogP contribution < -0.4 is 0 Å². The number of carboxylic acid groups (broad SMARTS) is 3. The highest BCUT2D eigenvalue weighted by molar-refractivity contribution is 6.32. The van der Waals surface area contributed by atoms with E-state index in [1.54, 1.807) is 6.92 Å². The molecule has 0 rings (SSSR count). The molecule has 0 bridgehead atoms. The quantitative estimate of drug-likeness (QED) is 0.362. The van der Waals surface area contributed by atoms with Crippen LogP contribution in [0.1, 0.15) is 19.8 Å². The molecule has 0 aromatic rings. The van der Waals surface area contributed by atoms with E-state index in [9.17, 15) is 19.2 Å². The second-order valence-corrected chi connectivity index (χ2v) is 2.11. The molecule has 0 atom stereocenters. The molecule has 0 amide bonds. The lowest BCUT2D eigenvalue weighted by Gasteiger charge is -1.85. The van der Waals surface area contributed by atoms with Gasteiger partial charge in [0.05, 0.1) is 0 Å². The van der Waals surface area contributed by atoms with Crippen molar-refractivity contribution in [2.75, 3.05) is 0 Å². The molecule has 3 N–H and O–H groups in total. The van der Waals surface area contributed by atoms with Gasteiger partial charge < -0.3 is 20.1 Å². The van der Waals surface area contributed by atoms with E-state index in [-0.39, 0.29) is 6.42 Å². The fourth-order valence-corrected chi connectivity index (χ4v) is 0.409. The van der Waals surface area contributed by atoms with E-state index < -0.39 is 24.1 Å². The third-order valence-corrected chi connectivity index (χ3v) is 0.890. The summed E-state index contributed by atoms with van der Waals surface area (Å²) in [5.41, 5.74) is 0. The lowest BCUT2D eigenvalue weighted by molar-refractivity contribution is -0.149. The second-order valence-electron chi connectivity index (χ2n) is 2.11. The Morgan fingerprint density at radius 1 is 1.00 bits per heavy atom. The van der Waals surface area contributed by atoms with Gasteiger partial charge in [0.15, 0.2) is 0 Å². The molecule has 0 fully saturated rings. The number of hydrogen-bond acceptors (Lipinski definition) is 5. The van der Waals surface area contributed by atoms with Crippen LogP contribution in [0.3, 0.4) is 0 Å². The topological polar surface area (TPSA) is 138 Å². The summed E-state index contributed by atoms with van der Waals surface area (Å²) in [6.45, 7) is 1.76. The van der Waals surface area contributed by atoms with Gasteiger partial charge in [0.25, 0.3) is 0 Å². The summed E-state index contributed by atoms with van der Waals surface area (Å²) in [6, 6.07) is 0. The third kappa shape index (κ3) is 14.7. The smallest absolute Gasteiger partial charge is 0.476 e. The first-order valence-electron chi connectivity index (χ1n) is 3.71. The average molecular weight is 222 g/mol. The maximum Gasteiger partial charge on any atom is 0.516 e. The standard InChI is InChI=1S/C5H8O3.C2H2O5/c1-2-3-4(6)5(7)8;3-1(4)7-2(5)6/h2-3H2,1H3,(H,7,8);(H,3,4)(H,5,6). The molecule has 0 radical (unpaired) electrons. The molecule has 86 valence electrons. The molecule has 0 spiro atoms. The largest absolute Gasteiger partial charge is 0.516 e. The van der Waals surface area contributed by atoms with Gasteiger partial charge in [-0.05, 0) is 6.42 Å². The number of hydrogen-bond donors (Lipinski definition) is 3. The normalized spacial score (nSPS) is 8.07. The van der Waals surface area contributed by atoms with E-state index in [2.05, 4.69) is 4.74 Å². The second kappa shape index (κ2) is 8.48. The fraction of sp³-hybridized carbons (Fsp3) is 0.429. The summed E-state index contributed by atoms with van der Waals surface area (Å²) in [5.74, 6) is -2.03. The number of carbonyl (C=O) groups is 4. The Kier molecular flexibility index (Phi) is 8.68. The van der Waals surface area contributed by atoms with Crippen LogP contribution in [0.2, 0.25) is 0 Å². The van der Waals surface area contributed by atoms with Gasteiger partial charge in [0, 0.05) is 6.42 Å². The van der Waals surface area contributed by atoms with Gasteiger partial charge in [-0.15, -0.1) is 0 Å². The maximum atomic E-state index is 10.1. The predicted molar refractivity (Wildman–Crippen MR) is 44.7 cm³/mol. The number of rotatable bonds is 3. The summed E-state index contributed by atoms with van der Waals surface area (Å²) in [4.78, 5) is 38.3. The zero-order valence-corrected chi connectivity index (χ0v) is 7.80. The molecule has 0 unspecified atom stereocenters. The zero-order chi connectivity index (χ0) is 12.4. The number of Topliss-reactive ketones (excluding diaryl/α,β-unsaturated/α-hetero) is 1. The first kappa shape index (κ1) is 15.4. The Hall–Kier alpha value is -2.12. The molecule has 0 saturated carbocycles. The molecule has 0 aromatic carbocycles. The highest BCUT2D eigenvalue weighted by Crippen LogP contribution is 1.87.